The number of carbonyl (C=O) groups excluding carboxylic acids is 1. The fraction of sp³-hybridized carbons (Fsp3) is 0.280. The second kappa shape index (κ2) is 8.20. The molecule has 6 rings (SSSR count). The van der Waals surface area contributed by atoms with Crippen molar-refractivity contribution in [3.63, 3.8) is 0 Å². The average Bonchev–Trinajstić information content (AvgIpc) is 3.34. The van der Waals surface area contributed by atoms with E-state index in [4.69, 9.17) is 0 Å². The van der Waals surface area contributed by atoms with Crippen LogP contribution in [0.15, 0.2) is 55.2 Å². The average molecular weight is 440 g/mol. The molecule has 4 aromatic rings. The molecule has 2 N–H and O–H groups in total. The van der Waals surface area contributed by atoms with Crippen LogP contribution in [0.3, 0.4) is 0 Å². The predicted octanol–water partition coefficient (Wildman–Crippen LogP) is 4.16. The van der Waals surface area contributed by atoms with E-state index in [9.17, 15) is 4.79 Å². The largest absolute Gasteiger partial charge is 0.370 e. The molecule has 0 unspecified atom stereocenters. The molecule has 8 nitrogen and oxygen atoms in total. The van der Waals surface area contributed by atoms with Gasteiger partial charge in [-0.1, -0.05) is 18.9 Å². The van der Waals surface area contributed by atoms with Crippen LogP contribution < -0.4 is 15.5 Å². The zero-order valence-corrected chi connectivity index (χ0v) is 18.3. The van der Waals surface area contributed by atoms with Gasteiger partial charge in [0.1, 0.15) is 5.82 Å². The summed E-state index contributed by atoms with van der Waals surface area (Å²) in [6.45, 7) is 2.66. The van der Waals surface area contributed by atoms with Crippen molar-refractivity contribution in [1.82, 2.24) is 24.7 Å². The number of aromatic nitrogens is 4. The highest BCUT2D eigenvalue weighted by Gasteiger charge is 2.27. The van der Waals surface area contributed by atoms with Crippen LogP contribution in [0.5, 0.6) is 0 Å². The van der Waals surface area contributed by atoms with Crippen molar-refractivity contribution in [2.75, 3.05) is 23.3 Å². The van der Waals surface area contributed by atoms with E-state index in [0.29, 0.717) is 12.1 Å². The van der Waals surface area contributed by atoms with Gasteiger partial charge in [-0.15, -0.1) is 0 Å². The Kier molecular flexibility index (Phi) is 4.90. The number of nitrogens with one attached hydrogen (secondary N) is 2. The summed E-state index contributed by atoms with van der Waals surface area (Å²) >= 11 is 0. The van der Waals surface area contributed by atoms with Crippen molar-refractivity contribution in [2.45, 2.75) is 32.2 Å². The molecular weight excluding hydrogens is 414 g/mol. The number of pyridine rings is 1. The van der Waals surface area contributed by atoms with Crippen LogP contribution in [0.1, 0.15) is 41.6 Å². The minimum atomic E-state index is -0.0778. The summed E-state index contributed by atoms with van der Waals surface area (Å²) in [6.07, 6.45) is 14.2. The third-order valence-corrected chi connectivity index (χ3v) is 6.54. The van der Waals surface area contributed by atoms with Gasteiger partial charge in [-0.2, -0.15) is 0 Å². The molecule has 166 valence electrons. The molecule has 1 fully saturated rings. The Balaban J connectivity index is 1.31. The Labute approximate surface area is 191 Å². The maximum atomic E-state index is 12.7. The maximum Gasteiger partial charge on any atom is 0.254 e. The summed E-state index contributed by atoms with van der Waals surface area (Å²) in [7, 11) is 0. The standard InChI is InChI=1S/C25H25N7O/c33-25-24-19(14-29-25)18(21-15-28-23-16-26-9-12-32(21)23)6-7-20(24)30-22-8-5-17(13-27-22)31-10-3-1-2-4-11-31/h5-9,12-13,15-16H,1-4,10-11,14H2,(H,27,30)(H,29,33). The number of carbonyl (C=O) groups is 1. The number of hydrogen-bond donors (Lipinski definition) is 2. The number of hydrogen-bond acceptors (Lipinski definition) is 6. The summed E-state index contributed by atoms with van der Waals surface area (Å²) < 4.78 is 1.99. The van der Waals surface area contributed by atoms with Gasteiger partial charge in [-0.3, -0.25) is 14.2 Å². The molecule has 2 aliphatic rings. The predicted molar refractivity (Wildman–Crippen MR) is 128 cm³/mol. The van der Waals surface area contributed by atoms with E-state index < -0.39 is 0 Å². The van der Waals surface area contributed by atoms with Gasteiger partial charge < -0.3 is 15.5 Å². The van der Waals surface area contributed by atoms with Crippen LogP contribution >= 0.6 is 0 Å². The Morgan fingerprint density at radius 1 is 0.939 bits per heavy atom. The van der Waals surface area contributed by atoms with E-state index >= 15 is 0 Å². The zero-order valence-electron chi connectivity index (χ0n) is 18.3. The van der Waals surface area contributed by atoms with Crippen molar-refractivity contribution in [3.05, 3.63) is 66.4 Å². The quantitative estimate of drug-likeness (QED) is 0.497. The fourth-order valence-electron chi connectivity index (χ4n) is 4.85. The van der Waals surface area contributed by atoms with E-state index in [2.05, 4.69) is 36.6 Å². The smallest absolute Gasteiger partial charge is 0.254 e. The highest BCUT2D eigenvalue weighted by atomic mass is 16.1. The van der Waals surface area contributed by atoms with Crippen molar-refractivity contribution in [2.24, 2.45) is 0 Å². The topological polar surface area (TPSA) is 87.5 Å². The third kappa shape index (κ3) is 3.57. The molecule has 0 spiro atoms. The van der Waals surface area contributed by atoms with Crippen molar-refractivity contribution < 1.29 is 4.79 Å². The molecule has 3 aromatic heterocycles. The van der Waals surface area contributed by atoms with Crippen LogP contribution in [0, 0.1) is 0 Å². The molecule has 2 aliphatic heterocycles. The lowest BCUT2D eigenvalue weighted by Gasteiger charge is -2.22. The number of rotatable bonds is 4. The minimum Gasteiger partial charge on any atom is -0.370 e. The van der Waals surface area contributed by atoms with E-state index in [1.165, 1.54) is 25.7 Å². The first-order valence-electron chi connectivity index (χ1n) is 11.5. The molecule has 0 radical (unpaired) electrons. The number of nitrogens with zero attached hydrogens (tertiary/aromatic N) is 5. The number of fused-ring (bicyclic) bond motifs is 2. The number of benzene rings is 1. The SMILES string of the molecule is O=C1NCc2c(-c3cnc4cnccn34)ccc(Nc3ccc(N4CCCCCC4)cn3)c21. The minimum absolute atomic E-state index is 0.0778. The third-order valence-electron chi connectivity index (χ3n) is 6.54. The lowest BCUT2D eigenvalue weighted by molar-refractivity contribution is 0.0966. The normalized spacial score (nSPS) is 15.9. The number of amides is 1. The van der Waals surface area contributed by atoms with Crippen LogP contribution in [-0.4, -0.2) is 38.3 Å². The molecule has 33 heavy (non-hydrogen) atoms. The van der Waals surface area contributed by atoms with Gasteiger partial charge >= 0.3 is 0 Å². The Hall–Kier alpha value is -3.94. The van der Waals surface area contributed by atoms with E-state index in [-0.39, 0.29) is 5.91 Å². The van der Waals surface area contributed by atoms with Gasteiger partial charge in [-0.25, -0.2) is 9.97 Å². The first kappa shape index (κ1) is 19.7. The molecule has 8 heteroatoms. The Morgan fingerprint density at radius 3 is 2.64 bits per heavy atom. The number of anilines is 3. The molecule has 0 saturated carbocycles. The zero-order chi connectivity index (χ0) is 22.2. The number of imidazole rings is 1. The van der Waals surface area contributed by atoms with Crippen molar-refractivity contribution >= 4 is 28.7 Å². The van der Waals surface area contributed by atoms with Gasteiger partial charge in [0, 0.05) is 37.6 Å². The van der Waals surface area contributed by atoms with Crippen molar-refractivity contribution in [3.8, 4) is 11.3 Å². The molecule has 1 saturated heterocycles. The van der Waals surface area contributed by atoms with Crippen LogP contribution in [-0.2, 0) is 6.54 Å². The van der Waals surface area contributed by atoms with Crippen LogP contribution in [0.2, 0.25) is 0 Å². The van der Waals surface area contributed by atoms with Crippen LogP contribution in [0.25, 0.3) is 16.9 Å². The Bertz CT molecular complexity index is 1320. The van der Waals surface area contributed by atoms with Gasteiger partial charge in [0.05, 0.1) is 41.2 Å². The van der Waals surface area contributed by atoms with E-state index in [1.54, 1.807) is 12.4 Å². The van der Waals surface area contributed by atoms with Gasteiger partial charge in [0.15, 0.2) is 5.65 Å². The molecule has 1 amide bonds. The molecule has 1 aromatic carbocycles. The second-order valence-electron chi connectivity index (χ2n) is 8.57. The molecular formula is C25H25N7O. The molecule has 0 bridgehead atoms. The van der Waals surface area contributed by atoms with Crippen molar-refractivity contribution in [1.29, 1.82) is 0 Å². The van der Waals surface area contributed by atoms with Gasteiger partial charge in [0.2, 0.25) is 0 Å². The fourth-order valence-corrected chi connectivity index (χ4v) is 4.85. The summed E-state index contributed by atoms with van der Waals surface area (Å²) in [5.41, 5.74) is 6.23. The van der Waals surface area contributed by atoms with E-state index in [0.717, 1.165) is 52.8 Å². The summed E-state index contributed by atoms with van der Waals surface area (Å²) in [5.74, 6) is 0.648. The van der Waals surface area contributed by atoms with Crippen LogP contribution in [0.4, 0.5) is 17.2 Å². The summed E-state index contributed by atoms with van der Waals surface area (Å²) in [6, 6.07) is 8.09. The first-order chi connectivity index (χ1) is 16.3. The van der Waals surface area contributed by atoms with Gasteiger partial charge in [-0.05, 0) is 36.6 Å². The lowest BCUT2D eigenvalue weighted by atomic mass is 9.99. The summed E-state index contributed by atoms with van der Waals surface area (Å²) in [5, 5.41) is 6.34. The van der Waals surface area contributed by atoms with E-state index in [1.807, 2.05) is 41.2 Å². The molecule has 0 aliphatic carbocycles. The second-order valence-corrected chi connectivity index (χ2v) is 8.57. The lowest BCUT2D eigenvalue weighted by Crippen LogP contribution is -2.23. The molecule has 0 atom stereocenters. The molecule has 5 heterocycles. The van der Waals surface area contributed by atoms with Gasteiger partial charge in [0.25, 0.3) is 5.91 Å². The maximum absolute atomic E-state index is 12.7. The highest BCUT2D eigenvalue weighted by molar-refractivity contribution is 6.06. The monoisotopic (exact) mass is 439 g/mol. The Morgan fingerprint density at radius 2 is 1.82 bits per heavy atom. The summed E-state index contributed by atoms with van der Waals surface area (Å²) in [4.78, 5) is 28.4. The first-order valence-corrected chi connectivity index (χ1v) is 11.5. The highest BCUT2D eigenvalue weighted by Crippen LogP contribution is 2.35.